The molecule has 2 N–H and O–H groups in total. The first kappa shape index (κ1) is 23.7. The number of rotatable bonds is 11. The van der Waals surface area contributed by atoms with E-state index in [-0.39, 0.29) is 5.91 Å². The van der Waals surface area contributed by atoms with Gasteiger partial charge in [0.1, 0.15) is 5.82 Å². The van der Waals surface area contributed by atoms with Crippen LogP contribution in [0.15, 0.2) is 48.5 Å². The van der Waals surface area contributed by atoms with Crippen molar-refractivity contribution in [1.29, 1.82) is 0 Å². The lowest BCUT2D eigenvalue weighted by atomic mass is 10.1. The molecule has 32 heavy (non-hydrogen) atoms. The van der Waals surface area contributed by atoms with Crippen LogP contribution in [-0.2, 0) is 0 Å². The molecule has 0 aliphatic carbocycles. The van der Waals surface area contributed by atoms with Crippen LogP contribution >= 0.6 is 0 Å². The van der Waals surface area contributed by atoms with Crippen LogP contribution in [0.4, 0.5) is 11.5 Å². The summed E-state index contributed by atoms with van der Waals surface area (Å²) in [5, 5.41) is 7.37. The van der Waals surface area contributed by atoms with Crippen LogP contribution in [0.3, 0.4) is 0 Å². The van der Waals surface area contributed by atoms with Crippen LogP contribution in [0.2, 0.25) is 0 Å². The van der Waals surface area contributed by atoms with E-state index in [9.17, 15) is 4.79 Å². The zero-order chi connectivity index (χ0) is 22.9. The lowest BCUT2D eigenvalue weighted by molar-refractivity contribution is 0.0953. The van der Waals surface area contributed by atoms with E-state index in [1.165, 1.54) is 24.0 Å². The maximum absolute atomic E-state index is 13.1. The van der Waals surface area contributed by atoms with E-state index < -0.39 is 0 Å². The highest BCUT2D eigenvalue weighted by Gasteiger charge is 2.13. The Kier molecular flexibility index (Phi) is 8.63. The van der Waals surface area contributed by atoms with Gasteiger partial charge in [0.2, 0.25) is 0 Å². The number of fused-ring (bicyclic) bond motifs is 1. The van der Waals surface area contributed by atoms with Crippen molar-refractivity contribution in [3.8, 4) is 0 Å². The monoisotopic (exact) mass is 432 g/mol. The van der Waals surface area contributed by atoms with Crippen LogP contribution in [0.1, 0.15) is 54.6 Å². The van der Waals surface area contributed by atoms with E-state index in [0.717, 1.165) is 42.6 Å². The van der Waals surface area contributed by atoms with Gasteiger partial charge in [-0.25, -0.2) is 4.98 Å². The molecule has 0 radical (unpaired) electrons. The summed E-state index contributed by atoms with van der Waals surface area (Å²) in [7, 11) is 0. The zero-order valence-electron chi connectivity index (χ0n) is 19.9. The van der Waals surface area contributed by atoms with E-state index in [1.807, 2.05) is 30.3 Å². The number of carbonyl (C=O) groups is 1. The number of nitrogens with zero attached hydrogens (tertiary/aromatic N) is 2. The predicted molar refractivity (Wildman–Crippen MR) is 135 cm³/mol. The van der Waals surface area contributed by atoms with Gasteiger partial charge in [-0.15, -0.1) is 0 Å². The van der Waals surface area contributed by atoms with Crippen molar-refractivity contribution in [2.24, 2.45) is 0 Å². The largest absolute Gasteiger partial charge is 0.352 e. The summed E-state index contributed by atoms with van der Waals surface area (Å²) in [5.41, 5.74) is 4.81. The van der Waals surface area contributed by atoms with Gasteiger partial charge in [0, 0.05) is 17.6 Å². The Labute approximate surface area is 192 Å². The van der Waals surface area contributed by atoms with Crippen molar-refractivity contribution >= 4 is 28.3 Å². The van der Waals surface area contributed by atoms with Crippen molar-refractivity contribution in [2.75, 3.05) is 31.5 Å². The number of hydrogen-bond donors (Lipinski definition) is 2. The number of unbranched alkanes of at least 4 members (excludes halogenated alkanes) is 1. The Morgan fingerprint density at radius 2 is 1.69 bits per heavy atom. The number of pyridine rings is 1. The highest BCUT2D eigenvalue weighted by atomic mass is 16.1. The third kappa shape index (κ3) is 6.54. The quantitative estimate of drug-likeness (QED) is 0.374. The Morgan fingerprint density at radius 1 is 0.969 bits per heavy atom. The maximum Gasteiger partial charge on any atom is 0.252 e. The number of nitrogens with one attached hydrogen (secondary N) is 2. The predicted octanol–water partition coefficient (Wildman–Crippen LogP) is 5.84. The van der Waals surface area contributed by atoms with Crippen molar-refractivity contribution in [2.45, 2.75) is 47.0 Å². The molecule has 1 aromatic heterocycles. The van der Waals surface area contributed by atoms with Crippen molar-refractivity contribution in [3.05, 3.63) is 65.2 Å². The van der Waals surface area contributed by atoms with E-state index in [0.29, 0.717) is 17.9 Å². The summed E-state index contributed by atoms with van der Waals surface area (Å²) in [6, 6.07) is 16.0. The first-order valence-corrected chi connectivity index (χ1v) is 11.8. The van der Waals surface area contributed by atoms with Crippen LogP contribution in [0, 0.1) is 13.8 Å². The van der Waals surface area contributed by atoms with E-state index in [1.54, 1.807) is 0 Å². The molecule has 5 nitrogen and oxygen atoms in total. The summed E-state index contributed by atoms with van der Waals surface area (Å²) in [6.45, 7) is 12.4. The number of hydrogen-bond acceptors (Lipinski definition) is 4. The third-order valence-electron chi connectivity index (χ3n) is 5.67. The minimum Gasteiger partial charge on any atom is -0.352 e. The normalized spacial score (nSPS) is 11.2. The van der Waals surface area contributed by atoms with Crippen molar-refractivity contribution in [1.82, 2.24) is 15.2 Å². The van der Waals surface area contributed by atoms with E-state index >= 15 is 0 Å². The number of benzene rings is 2. The number of amides is 1. The van der Waals surface area contributed by atoms with Crippen molar-refractivity contribution < 1.29 is 4.79 Å². The molecule has 0 unspecified atom stereocenters. The highest BCUT2D eigenvalue weighted by Crippen LogP contribution is 2.24. The van der Waals surface area contributed by atoms with Gasteiger partial charge in [0.25, 0.3) is 5.91 Å². The molecule has 0 saturated heterocycles. The fraction of sp³-hybridized carbons (Fsp3) is 0.407. The first-order valence-electron chi connectivity index (χ1n) is 11.8. The van der Waals surface area contributed by atoms with Gasteiger partial charge >= 0.3 is 0 Å². The SMILES string of the molecule is CCCCN(CC)CCCNC(=O)c1cc(Nc2cc(C)cc(C)c2)nc2ccccc12. The van der Waals surface area contributed by atoms with Gasteiger partial charge in [0.05, 0.1) is 11.1 Å². The van der Waals surface area contributed by atoms with Crippen molar-refractivity contribution in [3.63, 3.8) is 0 Å². The van der Waals surface area contributed by atoms with Gasteiger partial charge in [-0.3, -0.25) is 4.79 Å². The molecule has 0 aliphatic rings. The van der Waals surface area contributed by atoms with E-state index in [2.05, 4.69) is 61.4 Å². The lowest BCUT2D eigenvalue weighted by Crippen LogP contribution is -2.30. The van der Waals surface area contributed by atoms with Gasteiger partial charge in [-0.2, -0.15) is 0 Å². The Morgan fingerprint density at radius 3 is 2.41 bits per heavy atom. The van der Waals surface area contributed by atoms with E-state index in [4.69, 9.17) is 4.98 Å². The minimum atomic E-state index is -0.0521. The Balaban J connectivity index is 1.72. The topological polar surface area (TPSA) is 57.3 Å². The summed E-state index contributed by atoms with van der Waals surface area (Å²) >= 11 is 0. The van der Waals surface area contributed by atoms with Crippen LogP contribution in [-0.4, -0.2) is 42.0 Å². The standard InChI is InChI=1S/C27H36N4O/c1-5-7-14-31(6-2)15-10-13-28-27(32)24-19-26(30-25-12-9-8-11-23(24)25)29-22-17-20(3)16-21(4)18-22/h8-9,11-12,16-19H,5-7,10,13-15H2,1-4H3,(H,28,32)(H,29,30). The number of para-hydroxylation sites is 1. The smallest absolute Gasteiger partial charge is 0.252 e. The van der Waals surface area contributed by atoms with Gasteiger partial charge in [0.15, 0.2) is 0 Å². The summed E-state index contributed by atoms with van der Waals surface area (Å²) < 4.78 is 0. The molecule has 0 aliphatic heterocycles. The number of aromatic nitrogens is 1. The Hall–Kier alpha value is -2.92. The molecule has 170 valence electrons. The molecular formula is C27H36N4O. The summed E-state index contributed by atoms with van der Waals surface area (Å²) in [6.07, 6.45) is 3.38. The second-order valence-electron chi connectivity index (χ2n) is 8.47. The zero-order valence-corrected chi connectivity index (χ0v) is 19.9. The molecule has 0 spiro atoms. The highest BCUT2D eigenvalue weighted by molar-refractivity contribution is 6.07. The average molecular weight is 433 g/mol. The molecule has 1 heterocycles. The van der Waals surface area contributed by atoms with Gasteiger partial charge in [-0.1, -0.05) is 44.5 Å². The third-order valence-corrected chi connectivity index (χ3v) is 5.67. The molecular weight excluding hydrogens is 396 g/mol. The fourth-order valence-corrected chi connectivity index (χ4v) is 4.03. The number of aryl methyl sites for hydroxylation is 2. The molecule has 1 amide bonds. The van der Waals surface area contributed by atoms with Gasteiger partial charge < -0.3 is 15.5 Å². The molecule has 0 atom stereocenters. The molecule has 0 bridgehead atoms. The van der Waals surface area contributed by atoms with Crippen LogP contribution in [0.25, 0.3) is 10.9 Å². The second kappa shape index (κ2) is 11.6. The second-order valence-corrected chi connectivity index (χ2v) is 8.47. The van der Waals surface area contributed by atoms with Gasteiger partial charge in [-0.05, 0) is 81.7 Å². The first-order chi connectivity index (χ1) is 15.5. The number of carbonyl (C=O) groups excluding carboxylic acids is 1. The van der Waals surface area contributed by atoms with Crippen LogP contribution in [0.5, 0.6) is 0 Å². The average Bonchev–Trinajstić information content (AvgIpc) is 2.77. The maximum atomic E-state index is 13.1. The molecule has 5 heteroatoms. The Bertz CT molecular complexity index is 1030. The lowest BCUT2D eigenvalue weighted by Gasteiger charge is -2.20. The minimum absolute atomic E-state index is 0.0521. The molecule has 2 aromatic carbocycles. The molecule has 0 fully saturated rings. The summed E-state index contributed by atoms with van der Waals surface area (Å²) in [5.74, 6) is 0.624. The van der Waals surface area contributed by atoms with Crippen LogP contribution < -0.4 is 10.6 Å². The fourth-order valence-electron chi connectivity index (χ4n) is 4.03. The molecule has 3 aromatic rings. The molecule has 3 rings (SSSR count). The number of anilines is 2. The molecule has 0 saturated carbocycles. The summed E-state index contributed by atoms with van der Waals surface area (Å²) in [4.78, 5) is 20.3.